The molecule has 0 unspecified atom stereocenters. The molecule has 1 aromatic carbocycles. The molecule has 0 atom stereocenters. The van der Waals surface area contributed by atoms with Gasteiger partial charge in [0.05, 0.1) is 7.11 Å². The lowest BCUT2D eigenvalue weighted by Crippen LogP contribution is -2.16. The van der Waals surface area contributed by atoms with Gasteiger partial charge in [-0.1, -0.05) is 12.1 Å². The first kappa shape index (κ1) is 15.5. The summed E-state index contributed by atoms with van der Waals surface area (Å²) in [6, 6.07) is 9.76. The minimum Gasteiger partial charge on any atom is -0.497 e. The number of hydrogen-bond donors (Lipinski definition) is 2. The number of hydrogen-bond acceptors (Lipinski definition) is 4. The molecule has 0 radical (unpaired) electrons. The second-order valence-electron chi connectivity index (χ2n) is 4.78. The third-order valence-electron chi connectivity index (χ3n) is 3.27. The van der Waals surface area contributed by atoms with Crippen molar-refractivity contribution in [1.29, 1.82) is 0 Å². The number of thiophene rings is 1. The van der Waals surface area contributed by atoms with Gasteiger partial charge in [0.25, 0.3) is 0 Å². The number of rotatable bonds is 7. The quantitative estimate of drug-likeness (QED) is 0.772. The maximum absolute atomic E-state index is 10.9. The Hall–Kier alpha value is -1.85. The van der Waals surface area contributed by atoms with E-state index in [0.717, 1.165) is 29.2 Å². The van der Waals surface area contributed by atoms with Crippen LogP contribution in [0.3, 0.4) is 0 Å². The summed E-state index contributed by atoms with van der Waals surface area (Å²) < 4.78 is 5.20. The van der Waals surface area contributed by atoms with Crippen LogP contribution in [0.2, 0.25) is 0 Å². The van der Waals surface area contributed by atoms with Crippen LogP contribution in [-0.4, -0.2) is 24.7 Å². The van der Waals surface area contributed by atoms with Crippen LogP contribution in [0.5, 0.6) is 5.75 Å². The van der Waals surface area contributed by atoms with E-state index >= 15 is 0 Å². The van der Waals surface area contributed by atoms with Gasteiger partial charge in [0.2, 0.25) is 0 Å². The summed E-state index contributed by atoms with van der Waals surface area (Å²) in [7, 11) is 1.66. The predicted octanol–water partition coefficient (Wildman–Crippen LogP) is 3.10. The number of aryl methyl sites for hydroxylation is 1. The van der Waals surface area contributed by atoms with Crippen molar-refractivity contribution in [1.82, 2.24) is 5.32 Å². The summed E-state index contributed by atoms with van der Waals surface area (Å²) in [4.78, 5) is 12.4. The molecule has 0 saturated carbocycles. The Labute approximate surface area is 128 Å². The zero-order valence-electron chi connectivity index (χ0n) is 12.2. The van der Waals surface area contributed by atoms with E-state index in [4.69, 9.17) is 9.84 Å². The van der Waals surface area contributed by atoms with Gasteiger partial charge in [0.1, 0.15) is 10.6 Å². The number of carboxylic acids is 1. The molecule has 4 nitrogen and oxygen atoms in total. The summed E-state index contributed by atoms with van der Waals surface area (Å²) in [6.07, 6.45) is 0.909. The molecule has 5 heteroatoms. The van der Waals surface area contributed by atoms with Crippen LogP contribution in [0.4, 0.5) is 0 Å². The van der Waals surface area contributed by atoms with Crippen molar-refractivity contribution in [2.75, 3.05) is 13.7 Å². The predicted molar refractivity (Wildman–Crippen MR) is 84.4 cm³/mol. The van der Waals surface area contributed by atoms with Crippen molar-refractivity contribution in [2.45, 2.75) is 19.9 Å². The summed E-state index contributed by atoms with van der Waals surface area (Å²) in [5.41, 5.74) is 2.28. The molecule has 0 aliphatic heterocycles. The molecule has 2 rings (SSSR count). The van der Waals surface area contributed by atoms with Gasteiger partial charge >= 0.3 is 5.97 Å². The highest BCUT2D eigenvalue weighted by Gasteiger charge is 2.10. The molecule has 0 spiro atoms. The standard InChI is InChI=1S/C16H19NO3S/c1-11-13(9-15(21-11)16(18)19)10-17-7-6-12-4-3-5-14(8-12)20-2/h3-5,8-9,17H,6-7,10H2,1-2H3,(H,18,19). The molecule has 2 aromatic rings. The molecule has 2 N–H and O–H groups in total. The van der Waals surface area contributed by atoms with Gasteiger partial charge in [-0.15, -0.1) is 11.3 Å². The second kappa shape index (κ2) is 7.24. The smallest absolute Gasteiger partial charge is 0.345 e. The molecule has 0 aliphatic rings. The first-order valence-electron chi connectivity index (χ1n) is 6.76. The number of benzene rings is 1. The molecule has 21 heavy (non-hydrogen) atoms. The van der Waals surface area contributed by atoms with E-state index in [1.54, 1.807) is 13.2 Å². The Kier molecular flexibility index (Phi) is 5.36. The van der Waals surface area contributed by atoms with E-state index in [9.17, 15) is 4.79 Å². The molecular weight excluding hydrogens is 286 g/mol. The largest absolute Gasteiger partial charge is 0.497 e. The van der Waals surface area contributed by atoms with E-state index in [0.29, 0.717) is 11.4 Å². The SMILES string of the molecule is COc1cccc(CCNCc2cc(C(=O)O)sc2C)c1. The number of ether oxygens (including phenoxy) is 1. The molecule has 112 valence electrons. The van der Waals surface area contributed by atoms with Crippen molar-refractivity contribution in [3.63, 3.8) is 0 Å². The molecule has 0 fully saturated rings. The van der Waals surface area contributed by atoms with E-state index in [1.807, 2.05) is 25.1 Å². The van der Waals surface area contributed by atoms with Gasteiger partial charge in [-0.3, -0.25) is 0 Å². The van der Waals surface area contributed by atoms with Crippen molar-refractivity contribution in [2.24, 2.45) is 0 Å². The molecule has 0 amide bonds. The topological polar surface area (TPSA) is 58.6 Å². The monoisotopic (exact) mass is 305 g/mol. The molecule has 0 saturated heterocycles. The number of aromatic carboxylic acids is 1. The van der Waals surface area contributed by atoms with Gasteiger partial charge in [-0.2, -0.15) is 0 Å². The number of carboxylic acid groups (broad SMARTS) is 1. The summed E-state index contributed by atoms with van der Waals surface area (Å²) in [6.45, 7) is 3.49. The average molecular weight is 305 g/mol. The Morgan fingerprint density at radius 2 is 2.19 bits per heavy atom. The van der Waals surface area contributed by atoms with Gasteiger partial charge in [0.15, 0.2) is 0 Å². The van der Waals surface area contributed by atoms with Crippen LogP contribution in [0.25, 0.3) is 0 Å². The maximum Gasteiger partial charge on any atom is 0.345 e. The lowest BCUT2D eigenvalue weighted by molar-refractivity contribution is 0.0702. The lowest BCUT2D eigenvalue weighted by Gasteiger charge is -2.06. The third kappa shape index (κ3) is 4.31. The zero-order valence-corrected chi connectivity index (χ0v) is 13.0. The van der Waals surface area contributed by atoms with E-state index in [2.05, 4.69) is 11.4 Å². The molecule has 1 aromatic heterocycles. The fourth-order valence-electron chi connectivity index (χ4n) is 2.08. The van der Waals surface area contributed by atoms with Crippen LogP contribution < -0.4 is 10.1 Å². The van der Waals surface area contributed by atoms with Gasteiger partial charge < -0.3 is 15.2 Å². The van der Waals surface area contributed by atoms with Crippen LogP contribution in [0.1, 0.15) is 25.7 Å². The van der Waals surface area contributed by atoms with Crippen LogP contribution in [-0.2, 0) is 13.0 Å². The Bertz CT molecular complexity index is 622. The van der Waals surface area contributed by atoms with Gasteiger partial charge in [0, 0.05) is 11.4 Å². The lowest BCUT2D eigenvalue weighted by atomic mass is 10.1. The molecule has 0 aliphatic carbocycles. The highest BCUT2D eigenvalue weighted by Crippen LogP contribution is 2.21. The van der Waals surface area contributed by atoms with E-state index in [1.165, 1.54) is 16.9 Å². The van der Waals surface area contributed by atoms with Gasteiger partial charge in [-0.05, 0) is 49.2 Å². The average Bonchev–Trinajstić information content (AvgIpc) is 2.85. The maximum atomic E-state index is 10.9. The summed E-state index contributed by atoms with van der Waals surface area (Å²) in [5, 5.41) is 12.3. The van der Waals surface area contributed by atoms with E-state index in [-0.39, 0.29) is 0 Å². The van der Waals surface area contributed by atoms with Crippen LogP contribution in [0, 0.1) is 6.92 Å². The van der Waals surface area contributed by atoms with E-state index < -0.39 is 5.97 Å². The Morgan fingerprint density at radius 3 is 2.86 bits per heavy atom. The minimum absolute atomic E-state index is 0.400. The van der Waals surface area contributed by atoms with Crippen molar-refractivity contribution in [3.05, 3.63) is 51.2 Å². The van der Waals surface area contributed by atoms with Crippen LogP contribution in [0.15, 0.2) is 30.3 Å². The zero-order chi connectivity index (χ0) is 15.2. The third-order valence-corrected chi connectivity index (χ3v) is 4.35. The highest BCUT2D eigenvalue weighted by molar-refractivity contribution is 7.14. The molecule has 0 bridgehead atoms. The fraction of sp³-hybridized carbons (Fsp3) is 0.312. The van der Waals surface area contributed by atoms with Crippen LogP contribution >= 0.6 is 11.3 Å². The first-order valence-corrected chi connectivity index (χ1v) is 7.58. The minimum atomic E-state index is -0.856. The summed E-state index contributed by atoms with van der Waals surface area (Å²) >= 11 is 1.33. The Morgan fingerprint density at radius 1 is 1.38 bits per heavy atom. The fourth-order valence-corrected chi connectivity index (χ4v) is 2.97. The Balaban J connectivity index is 1.83. The molecular formula is C16H19NO3S. The van der Waals surface area contributed by atoms with Gasteiger partial charge in [-0.25, -0.2) is 4.79 Å². The summed E-state index contributed by atoms with van der Waals surface area (Å²) in [5.74, 6) is 0.0120. The highest BCUT2D eigenvalue weighted by atomic mass is 32.1. The first-order chi connectivity index (χ1) is 10.1. The second-order valence-corrected chi connectivity index (χ2v) is 6.03. The normalized spacial score (nSPS) is 10.6. The number of carbonyl (C=O) groups is 1. The molecule has 1 heterocycles. The number of methoxy groups -OCH3 is 1. The van der Waals surface area contributed by atoms with Crippen molar-refractivity contribution in [3.8, 4) is 5.75 Å². The van der Waals surface area contributed by atoms with Crippen molar-refractivity contribution < 1.29 is 14.6 Å². The van der Waals surface area contributed by atoms with Crippen molar-refractivity contribution >= 4 is 17.3 Å². The number of nitrogens with one attached hydrogen (secondary N) is 1.